The first kappa shape index (κ1) is 20.2. The van der Waals surface area contributed by atoms with E-state index in [0.717, 1.165) is 79.6 Å². The van der Waals surface area contributed by atoms with Gasteiger partial charge in [0, 0.05) is 37.3 Å². The van der Waals surface area contributed by atoms with Gasteiger partial charge in [-0.15, -0.1) is 5.10 Å². The number of nitrogens with zero attached hydrogens (tertiary/aromatic N) is 6. The largest absolute Gasteiger partial charge is 0.372 e. The fourth-order valence-corrected chi connectivity index (χ4v) is 4.76. The number of piperidine rings is 1. The second-order valence-electron chi connectivity index (χ2n) is 8.60. The van der Waals surface area contributed by atoms with E-state index in [4.69, 9.17) is 14.8 Å². The molecule has 1 aromatic carbocycles. The van der Waals surface area contributed by atoms with Gasteiger partial charge >= 0.3 is 0 Å². The lowest BCUT2D eigenvalue weighted by Gasteiger charge is -2.44. The van der Waals surface area contributed by atoms with Gasteiger partial charge in [0.1, 0.15) is 17.3 Å². The van der Waals surface area contributed by atoms with Crippen molar-refractivity contribution in [2.45, 2.75) is 18.4 Å². The summed E-state index contributed by atoms with van der Waals surface area (Å²) in [6.07, 6.45) is 5.27. The van der Waals surface area contributed by atoms with Crippen LogP contribution in [0.2, 0.25) is 0 Å². The van der Waals surface area contributed by atoms with E-state index < -0.39 is 0 Å². The molecule has 0 aliphatic carbocycles. The number of morpholine rings is 1. The van der Waals surface area contributed by atoms with Crippen molar-refractivity contribution in [2.24, 2.45) is 0 Å². The number of nitrogens with one attached hydrogen (secondary N) is 1. The fraction of sp³-hybridized carbons (Fsp3) is 0.333. The van der Waals surface area contributed by atoms with E-state index in [1.54, 1.807) is 24.5 Å². The van der Waals surface area contributed by atoms with E-state index in [2.05, 4.69) is 20.4 Å². The van der Waals surface area contributed by atoms with Crippen LogP contribution in [0, 0.1) is 5.82 Å². The molecule has 1 N–H and O–H groups in total. The van der Waals surface area contributed by atoms with Crippen LogP contribution in [-0.4, -0.2) is 63.2 Å². The number of fused-ring (bicyclic) bond motifs is 1. The van der Waals surface area contributed by atoms with Crippen molar-refractivity contribution in [3.05, 3.63) is 60.7 Å². The maximum absolute atomic E-state index is 13.5. The highest BCUT2D eigenvalue weighted by atomic mass is 19.1. The zero-order chi connectivity index (χ0) is 22.3. The predicted octanol–water partition coefficient (Wildman–Crippen LogP) is 2.95. The molecular formula is C24H24FN7O. The minimum Gasteiger partial charge on any atom is -0.372 e. The Morgan fingerprint density at radius 3 is 2.55 bits per heavy atom. The zero-order valence-electron chi connectivity index (χ0n) is 18.1. The second-order valence-corrected chi connectivity index (χ2v) is 8.60. The van der Waals surface area contributed by atoms with Crippen LogP contribution in [0.25, 0.3) is 28.2 Å². The van der Waals surface area contributed by atoms with E-state index in [1.165, 1.54) is 12.1 Å². The third-order valence-electron chi connectivity index (χ3n) is 6.57. The van der Waals surface area contributed by atoms with Gasteiger partial charge in [-0.1, -0.05) is 0 Å². The molecule has 0 saturated carbocycles. The molecule has 168 valence electrons. The number of anilines is 1. The number of imidazole rings is 1. The average molecular weight is 446 g/mol. The molecule has 8 nitrogen and oxygen atoms in total. The Morgan fingerprint density at radius 2 is 1.82 bits per heavy atom. The lowest BCUT2D eigenvalue weighted by atomic mass is 9.90. The zero-order valence-corrected chi connectivity index (χ0v) is 18.1. The molecule has 1 spiro atoms. The summed E-state index contributed by atoms with van der Waals surface area (Å²) in [6, 6.07) is 12.2. The summed E-state index contributed by atoms with van der Waals surface area (Å²) in [5, 5.41) is 16.4. The van der Waals surface area contributed by atoms with Crippen molar-refractivity contribution in [1.82, 2.24) is 30.1 Å². The molecule has 6 rings (SSSR count). The molecule has 0 radical (unpaired) electrons. The topological polar surface area (TPSA) is 80.5 Å². The first-order valence-electron chi connectivity index (χ1n) is 11.2. The molecule has 9 heteroatoms. The normalized spacial score (nSPS) is 18.2. The molecule has 2 aliphatic heterocycles. The van der Waals surface area contributed by atoms with Crippen molar-refractivity contribution in [1.29, 1.82) is 0 Å². The summed E-state index contributed by atoms with van der Waals surface area (Å²) < 4.78 is 21.5. The molecule has 33 heavy (non-hydrogen) atoms. The Hall–Kier alpha value is -3.43. The van der Waals surface area contributed by atoms with Crippen LogP contribution >= 0.6 is 0 Å². The molecule has 0 bridgehead atoms. The Bertz CT molecular complexity index is 1260. The fourth-order valence-electron chi connectivity index (χ4n) is 4.76. The van der Waals surface area contributed by atoms with Crippen molar-refractivity contribution < 1.29 is 9.13 Å². The third-order valence-corrected chi connectivity index (χ3v) is 6.57. The Morgan fingerprint density at radius 1 is 0.970 bits per heavy atom. The SMILES string of the molecule is Fc1ccc(-c2nc3ccc(N4CCC5(CC4)CNCCO5)nn3c2-c2ccnnc2)cc1. The molecular weight excluding hydrogens is 421 g/mol. The minimum absolute atomic E-state index is 0.0581. The molecule has 2 saturated heterocycles. The van der Waals surface area contributed by atoms with Gasteiger partial charge in [-0.25, -0.2) is 13.9 Å². The number of hydrogen-bond donors (Lipinski definition) is 1. The number of halogens is 1. The summed E-state index contributed by atoms with van der Waals surface area (Å²) in [5.74, 6) is 0.613. The molecule has 0 unspecified atom stereocenters. The van der Waals surface area contributed by atoms with Crippen LogP contribution < -0.4 is 10.2 Å². The Kier molecular flexibility index (Phi) is 5.00. The first-order valence-corrected chi connectivity index (χ1v) is 11.2. The number of hydrogen-bond acceptors (Lipinski definition) is 7. The number of benzene rings is 1. The number of ether oxygens (including phenoxy) is 1. The van der Waals surface area contributed by atoms with Crippen LogP contribution in [0.1, 0.15) is 12.8 Å². The van der Waals surface area contributed by atoms with Crippen molar-refractivity contribution in [3.8, 4) is 22.5 Å². The maximum Gasteiger partial charge on any atom is 0.155 e. The third kappa shape index (κ3) is 3.73. The molecule has 5 heterocycles. The molecule has 0 atom stereocenters. The van der Waals surface area contributed by atoms with E-state index in [0.29, 0.717) is 0 Å². The summed E-state index contributed by atoms with van der Waals surface area (Å²) in [7, 11) is 0. The highest BCUT2D eigenvalue weighted by Crippen LogP contribution is 2.34. The molecule has 2 fully saturated rings. The van der Waals surface area contributed by atoms with Gasteiger partial charge in [0.2, 0.25) is 0 Å². The van der Waals surface area contributed by atoms with E-state index in [-0.39, 0.29) is 11.4 Å². The molecule has 4 aromatic rings. The van der Waals surface area contributed by atoms with Crippen molar-refractivity contribution in [2.75, 3.05) is 37.7 Å². The Balaban J connectivity index is 1.40. The van der Waals surface area contributed by atoms with E-state index in [9.17, 15) is 4.39 Å². The average Bonchev–Trinajstić information content (AvgIpc) is 3.25. The van der Waals surface area contributed by atoms with Gasteiger partial charge in [-0.3, -0.25) is 0 Å². The first-order chi connectivity index (χ1) is 16.2. The molecule has 2 aliphatic rings. The van der Waals surface area contributed by atoms with Gasteiger partial charge in [0.15, 0.2) is 5.65 Å². The predicted molar refractivity (Wildman–Crippen MR) is 122 cm³/mol. The van der Waals surface area contributed by atoms with Crippen LogP contribution in [0.3, 0.4) is 0 Å². The maximum atomic E-state index is 13.5. The van der Waals surface area contributed by atoms with Gasteiger partial charge in [-0.2, -0.15) is 10.2 Å². The van der Waals surface area contributed by atoms with Crippen molar-refractivity contribution >= 4 is 11.5 Å². The van der Waals surface area contributed by atoms with Gasteiger partial charge in [0.05, 0.1) is 30.3 Å². The highest BCUT2D eigenvalue weighted by Gasteiger charge is 2.37. The van der Waals surface area contributed by atoms with Crippen LogP contribution in [-0.2, 0) is 4.74 Å². The second kappa shape index (κ2) is 8.17. The summed E-state index contributed by atoms with van der Waals surface area (Å²) >= 11 is 0. The quantitative estimate of drug-likeness (QED) is 0.519. The van der Waals surface area contributed by atoms with E-state index >= 15 is 0 Å². The lowest BCUT2D eigenvalue weighted by Crippen LogP contribution is -2.55. The van der Waals surface area contributed by atoms with Gasteiger partial charge in [-0.05, 0) is 55.3 Å². The molecule has 0 amide bonds. The van der Waals surface area contributed by atoms with Gasteiger partial charge in [0.25, 0.3) is 0 Å². The summed E-state index contributed by atoms with van der Waals surface area (Å²) in [4.78, 5) is 7.13. The summed E-state index contributed by atoms with van der Waals surface area (Å²) in [5.41, 5.74) is 3.86. The summed E-state index contributed by atoms with van der Waals surface area (Å²) in [6.45, 7) is 4.37. The minimum atomic E-state index is -0.282. The van der Waals surface area contributed by atoms with Gasteiger partial charge < -0.3 is 15.0 Å². The number of rotatable bonds is 3. The Labute approximate surface area is 190 Å². The smallest absolute Gasteiger partial charge is 0.155 e. The highest BCUT2D eigenvalue weighted by molar-refractivity contribution is 5.81. The number of aromatic nitrogens is 5. The standard InChI is InChI=1S/C24H24FN7O/c25-19-3-1-17(2-4-19)22-23(18-7-10-27-28-15-18)32-20(29-22)5-6-21(30-32)31-12-8-24(9-13-31)16-26-11-14-33-24/h1-7,10,15,26H,8-9,11-14,16H2. The van der Waals surface area contributed by atoms with Crippen LogP contribution in [0.5, 0.6) is 0 Å². The van der Waals surface area contributed by atoms with Crippen LogP contribution in [0.15, 0.2) is 54.9 Å². The van der Waals surface area contributed by atoms with E-state index in [1.807, 2.05) is 22.7 Å². The molecule has 3 aromatic heterocycles. The lowest BCUT2D eigenvalue weighted by molar-refractivity contribution is -0.0800. The monoisotopic (exact) mass is 445 g/mol. The van der Waals surface area contributed by atoms with Crippen molar-refractivity contribution in [3.63, 3.8) is 0 Å². The van der Waals surface area contributed by atoms with Crippen LogP contribution in [0.4, 0.5) is 10.2 Å².